The second-order valence-electron chi connectivity index (χ2n) is 7.88. The fraction of sp³-hybridized carbons (Fsp3) is 0.875. The number of nitrogens with one attached hydrogen (secondary N) is 1. The van der Waals surface area contributed by atoms with Gasteiger partial charge in [0.2, 0.25) is 21.8 Å². The molecule has 1 atom stereocenters. The highest BCUT2D eigenvalue weighted by molar-refractivity contribution is 7.88. The van der Waals surface area contributed by atoms with Crippen molar-refractivity contribution in [3.63, 3.8) is 0 Å². The molecular formula is C16H27N3O4S. The molecule has 3 aliphatic heterocycles. The van der Waals surface area contributed by atoms with Crippen molar-refractivity contribution in [2.24, 2.45) is 16.7 Å². The lowest BCUT2D eigenvalue weighted by molar-refractivity contribution is -0.140. The van der Waals surface area contributed by atoms with Crippen LogP contribution in [0.3, 0.4) is 0 Å². The first kappa shape index (κ1) is 17.7. The molecular weight excluding hydrogens is 330 g/mol. The molecule has 0 aromatic carbocycles. The fourth-order valence-corrected chi connectivity index (χ4v) is 5.67. The molecule has 3 saturated heterocycles. The molecule has 7 nitrogen and oxygen atoms in total. The number of fused-ring (bicyclic) bond motifs is 1. The van der Waals surface area contributed by atoms with E-state index in [1.54, 1.807) is 0 Å². The van der Waals surface area contributed by atoms with Gasteiger partial charge in [0.15, 0.2) is 0 Å². The van der Waals surface area contributed by atoms with Crippen LogP contribution in [-0.4, -0.2) is 68.4 Å². The van der Waals surface area contributed by atoms with E-state index in [4.69, 9.17) is 0 Å². The van der Waals surface area contributed by atoms with Crippen molar-refractivity contribution in [1.82, 2.24) is 14.5 Å². The number of carbonyl (C=O) groups is 2. The molecule has 24 heavy (non-hydrogen) atoms. The van der Waals surface area contributed by atoms with Crippen LogP contribution in [0.4, 0.5) is 0 Å². The average Bonchev–Trinajstić information content (AvgIpc) is 3.03. The van der Waals surface area contributed by atoms with Gasteiger partial charge in [-0.3, -0.25) is 9.59 Å². The average molecular weight is 357 g/mol. The summed E-state index contributed by atoms with van der Waals surface area (Å²) in [7, 11) is -3.34. The van der Waals surface area contributed by atoms with Gasteiger partial charge in [0.05, 0.1) is 11.7 Å². The minimum absolute atomic E-state index is 0.0164. The largest absolute Gasteiger partial charge is 0.356 e. The molecule has 0 aromatic heterocycles. The molecule has 3 fully saturated rings. The van der Waals surface area contributed by atoms with Crippen molar-refractivity contribution >= 4 is 21.8 Å². The third-order valence-electron chi connectivity index (χ3n) is 6.21. The van der Waals surface area contributed by atoms with Gasteiger partial charge in [0.25, 0.3) is 0 Å². The summed E-state index contributed by atoms with van der Waals surface area (Å²) in [5.74, 6) is 0.0731. The quantitative estimate of drug-likeness (QED) is 0.756. The van der Waals surface area contributed by atoms with Crippen LogP contribution in [0.25, 0.3) is 0 Å². The predicted octanol–water partition coefficient (Wildman–Crippen LogP) is 0.0327. The van der Waals surface area contributed by atoms with Crippen molar-refractivity contribution < 1.29 is 18.0 Å². The monoisotopic (exact) mass is 357 g/mol. The number of piperidine rings is 1. The molecule has 136 valence electrons. The summed E-state index contributed by atoms with van der Waals surface area (Å²) < 4.78 is 25.7. The van der Waals surface area contributed by atoms with E-state index in [9.17, 15) is 18.0 Å². The molecule has 8 heteroatoms. The van der Waals surface area contributed by atoms with Gasteiger partial charge in [0.1, 0.15) is 0 Å². The van der Waals surface area contributed by atoms with E-state index < -0.39 is 15.4 Å². The van der Waals surface area contributed by atoms with Crippen LogP contribution in [0.2, 0.25) is 0 Å². The van der Waals surface area contributed by atoms with Gasteiger partial charge >= 0.3 is 0 Å². The van der Waals surface area contributed by atoms with Crippen LogP contribution in [0, 0.1) is 16.7 Å². The Bertz CT molecular complexity index is 652. The maximum absolute atomic E-state index is 12.7. The predicted molar refractivity (Wildman–Crippen MR) is 89.6 cm³/mol. The molecule has 3 aliphatic rings. The fourth-order valence-electron chi connectivity index (χ4n) is 4.73. The van der Waals surface area contributed by atoms with Gasteiger partial charge in [-0.05, 0) is 19.3 Å². The first-order valence-corrected chi connectivity index (χ1v) is 10.5. The van der Waals surface area contributed by atoms with Crippen LogP contribution >= 0.6 is 0 Å². The highest BCUT2D eigenvalue weighted by atomic mass is 32.2. The van der Waals surface area contributed by atoms with Gasteiger partial charge in [0, 0.05) is 44.1 Å². The molecule has 1 unspecified atom stereocenters. The Morgan fingerprint density at radius 3 is 2.25 bits per heavy atom. The van der Waals surface area contributed by atoms with Gasteiger partial charge in [-0.1, -0.05) is 13.8 Å². The molecule has 0 aromatic rings. The zero-order valence-corrected chi connectivity index (χ0v) is 15.5. The zero-order valence-electron chi connectivity index (χ0n) is 14.7. The number of amides is 2. The molecule has 2 spiro atoms. The lowest BCUT2D eigenvalue weighted by Gasteiger charge is -2.46. The first-order valence-electron chi connectivity index (χ1n) is 8.64. The van der Waals surface area contributed by atoms with E-state index >= 15 is 0 Å². The van der Waals surface area contributed by atoms with Gasteiger partial charge in [-0.15, -0.1) is 0 Å². The molecule has 2 amide bonds. The Kier molecular flexibility index (Phi) is 4.19. The highest BCUT2D eigenvalue weighted by Gasteiger charge is 2.65. The summed E-state index contributed by atoms with van der Waals surface area (Å²) in [6.07, 6.45) is 3.26. The number of likely N-dealkylation sites (tertiary alicyclic amines) is 1. The van der Waals surface area contributed by atoms with E-state index in [1.165, 1.54) is 10.6 Å². The Morgan fingerprint density at radius 2 is 1.79 bits per heavy atom. The standard InChI is InChI=1S/C16H27N3O4S/c1-12(2)13(20)18-8-5-15(6-9-18)10-19(24(3,22)23)11-16(15)4-7-17-14(16)21/h12H,4-11H2,1-3H3,(H,17,21). The van der Waals surface area contributed by atoms with Gasteiger partial charge < -0.3 is 10.2 Å². The maximum atomic E-state index is 12.7. The van der Waals surface area contributed by atoms with Gasteiger partial charge in [-0.25, -0.2) is 12.7 Å². The second-order valence-corrected chi connectivity index (χ2v) is 9.86. The van der Waals surface area contributed by atoms with Crippen molar-refractivity contribution in [2.75, 3.05) is 39.0 Å². The van der Waals surface area contributed by atoms with Crippen molar-refractivity contribution in [3.8, 4) is 0 Å². The SMILES string of the molecule is CC(C)C(=O)N1CCC2(CC1)CN(S(C)(=O)=O)CC21CCNC1=O. The topological polar surface area (TPSA) is 86.8 Å². The number of rotatable bonds is 2. The van der Waals surface area contributed by atoms with Crippen molar-refractivity contribution in [3.05, 3.63) is 0 Å². The molecule has 3 rings (SSSR count). The van der Waals surface area contributed by atoms with E-state index in [0.717, 1.165) is 0 Å². The van der Waals surface area contributed by atoms with E-state index in [-0.39, 0.29) is 29.7 Å². The summed E-state index contributed by atoms with van der Waals surface area (Å²) in [6.45, 7) is 6.25. The number of hydrogen-bond donors (Lipinski definition) is 1. The van der Waals surface area contributed by atoms with Crippen molar-refractivity contribution in [1.29, 1.82) is 0 Å². The lowest BCUT2D eigenvalue weighted by atomic mass is 9.60. The highest BCUT2D eigenvalue weighted by Crippen LogP contribution is 2.56. The number of sulfonamides is 1. The Balaban J connectivity index is 1.88. The first-order chi connectivity index (χ1) is 11.1. The van der Waals surface area contributed by atoms with E-state index in [2.05, 4.69) is 5.32 Å². The maximum Gasteiger partial charge on any atom is 0.228 e. The lowest BCUT2D eigenvalue weighted by Crippen LogP contribution is -2.53. The molecule has 0 saturated carbocycles. The summed E-state index contributed by atoms with van der Waals surface area (Å²) >= 11 is 0. The minimum Gasteiger partial charge on any atom is -0.356 e. The van der Waals surface area contributed by atoms with E-state index in [1.807, 2.05) is 18.7 Å². The Morgan fingerprint density at radius 1 is 1.17 bits per heavy atom. The molecule has 3 heterocycles. The molecule has 1 N–H and O–H groups in total. The van der Waals surface area contributed by atoms with Crippen molar-refractivity contribution in [2.45, 2.75) is 33.1 Å². The van der Waals surface area contributed by atoms with Crippen LogP contribution in [0.1, 0.15) is 33.1 Å². The third kappa shape index (κ3) is 2.54. The smallest absolute Gasteiger partial charge is 0.228 e. The van der Waals surface area contributed by atoms with Crippen LogP contribution in [0.15, 0.2) is 0 Å². The summed E-state index contributed by atoms with van der Waals surface area (Å²) in [6, 6.07) is 0. The van der Waals surface area contributed by atoms with Crippen LogP contribution in [0.5, 0.6) is 0 Å². The molecule has 0 aliphatic carbocycles. The van der Waals surface area contributed by atoms with E-state index in [0.29, 0.717) is 45.4 Å². The summed E-state index contributed by atoms with van der Waals surface area (Å²) in [5, 5.41) is 2.91. The Labute approximate surface area is 143 Å². The summed E-state index contributed by atoms with van der Waals surface area (Å²) in [5.41, 5.74) is -0.993. The third-order valence-corrected chi connectivity index (χ3v) is 7.40. The zero-order chi connectivity index (χ0) is 17.8. The Hall–Kier alpha value is -1.15. The second kappa shape index (κ2) is 5.69. The summed E-state index contributed by atoms with van der Waals surface area (Å²) in [4.78, 5) is 26.8. The van der Waals surface area contributed by atoms with Crippen LogP contribution < -0.4 is 5.32 Å². The minimum atomic E-state index is -3.34. The molecule has 0 bridgehead atoms. The number of carbonyl (C=O) groups excluding carboxylic acids is 2. The van der Waals surface area contributed by atoms with Gasteiger partial charge in [-0.2, -0.15) is 0 Å². The number of hydrogen-bond acceptors (Lipinski definition) is 4. The molecule has 0 radical (unpaired) electrons. The number of nitrogens with zero attached hydrogens (tertiary/aromatic N) is 2. The van der Waals surface area contributed by atoms with Crippen LogP contribution in [-0.2, 0) is 19.6 Å². The normalized spacial score (nSPS) is 30.5.